The van der Waals surface area contributed by atoms with Crippen LogP contribution in [0.3, 0.4) is 0 Å². The summed E-state index contributed by atoms with van der Waals surface area (Å²) < 4.78 is 6.25. The van der Waals surface area contributed by atoms with Crippen LogP contribution in [0.1, 0.15) is 35.4 Å². The quantitative estimate of drug-likeness (QED) is 0.661. The monoisotopic (exact) mass is 376 g/mol. The molecule has 3 aromatic carbocycles. The Kier molecular flexibility index (Phi) is 3.80. The van der Waals surface area contributed by atoms with Crippen molar-refractivity contribution in [1.29, 1.82) is 0 Å². The molecule has 5 heteroatoms. The molecule has 0 bridgehead atoms. The number of hydrogen-bond acceptors (Lipinski definition) is 4. The van der Waals surface area contributed by atoms with E-state index in [9.17, 15) is 5.11 Å². The zero-order chi connectivity index (χ0) is 18.4. The molecule has 0 radical (unpaired) electrons. The van der Waals surface area contributed by atoms with E-state index < -0.39 is 6.23 Å². The second-order valence-corrected chi connectivity index (χ2v) is 7.16. The molecule has 2 atom stereocenters. The summed E-state index contributed by atoms with van der Waals surface area (Å²) in [5, 5.41) is 17.8. The summed E-state index contributed by atoms with van der Waals surface area (Å²) >= 11 is 6.18. The van der Waals surface area contributed by atoms with Crippen molar-refractivity contribution in [2.75, 3.05) is 0 Å². The summed E-state index contributed by atoms with van der Waals surface area (Å²) in [5.74, 6) is 0.957. The fourth-order valence-electron chi connectivity index (χ4n) is 3.77. The average Bonchev–Trinajstić information content (AvgIpc) is 3.16. The van der Waals surface area contributed by atoms with Crippen LogP contribution in [0.5, 0.6) is 11.5 Å². The van der Waals surface area contributed by atoms with Crippen LogP contribution in [0, 0.1) is 0 Å². The van der Waals surface area contributed by atoms with Crippen LogP contribution >= 0.6 is 11.6 Å². The van der Waals surface area contributed by atoms with Crippen molar-refractivity contribution in [3.63, 3.8) is 0 Å². The molecule has 0 saturated carbocycles. The molecular formula is C22H17ClN2O2. The number of ether oxygens (including phenoxy) is 1. The SMILES string of the molecule is Oc1ccc(Cl)cc1[C@@H]1Oc2ccccc2[C@@H]2CC(c3ccccc3)=NN21. The minimum absolute atomic E-state index is 0.0496. The van der Waals surface area contributed by atoms with E-state index in [-0.39, 0.29) is 11.8 Å². The lowest BCUT2D eigenvalue weighted by Crippen LogP contribution is -2.33. The predicted molar refractivity (Wildman–Crippen MR) is 105 cm³/mol. The molecule has 2 aliphatic rings. The topological polar surface area (TPSA) is 45.1 Å². The third-order valence-electron chi connectivity index (χ3n) is 5.06. The molecule has 2 aliphatic heterocycles. The zero-order valence-corrected chi connectivity index (χ0v) is 15.2. The molecule has 0 saturated heterocycles. The van der Waals surface area contributed by atoms with E-state index in [1.54, 1.807) is 18.2 Å². The standard InChI is InChI=1S/C22H17ClN2O2/c23-15-10-11-20(26)17(12-15)22-25-19(16-8-4-5-9-21(16)27-22)13-18(24-25)14-6-2-1-3-7-14/h1-12,19,22,26H,13H2/t19-,22-/m0/s1. The molecule has 3 aromatic rings. The summed E-state index contributed by atoms with van der Waals surface area (Å²) in [7, 11) is 0. The molecule has 0 unspecified atom stereocenters. The maximum atomic E-state index is 10.4. The number of hydrogen-bond donors (Lipinski definition) is 1. The fraction of sp³-hybridized carbons (Fsp3) is 0.136. The van der Waals surface area contributed by atoms with E-state index in [0.717, 1.165) is 29.0 Å². The van der Waals surface area contributed by atoms with E-state index >= 15 is 0 Å². The van der Waals surface area contributed by atoms with E-state index in [4.69, 9.17) is 21.4 Å². The lowest BCUT2D eigenvalue weighted by molar-refractivity contribution is -0.0203. The van der Waals surface area contributed by atoms with E-state index in [2.05, 4.69) is 18.2 Å². The van der Waals surface area contributed by atoms with Gasteiger partial charge in [0.2, 0.25) is 6.23 Å². The first-order valence-corrected chi connectivity index (χ1v) is 9.24. The van der Waals surface area contributed by atoms with Gasteiger partial charge in [-0.3, -0.25) is 0 Å². The van der Waals surface area contributed by atoms with Gasteiger partial charge in [-0.15, -0.1) is 0 Å². The zero-order valence-electron chi connectivity index (χ0n) is 14.4. The smallest absolute Gasteiger partial charge is 0.217 e. The molecule has 0 aromatic heterocycles. The van der Waals surface area contributed by atoms with Crippen molar-refractivity contribution in [2.45, 2.75) is 18.7 Å². The molecule has 0 fully saturated rings. The summed E-state index contributed by atoms with van der Waals surface area (Å²) in [4.78, 5) is 0. The number of benzene rings is 3. The van der Waals surface area contributed by atoms with Crippen LogP contribution in [0.4, 0.5) is 0 Å². The van der Waals surface area contributed by atoms with Gasteiger partial charge in [-0.05, 0) is 29.8 Å². The van der Waals surface area contributed by atoms with Gasteiger partial charge >= 0.3 is 0 Å². The summed E-state index contributed by atoms with van der Waals surface area (Å²) in [5.41, 5.74) is 3.82. The summed E-state index contributed by atoms with van der Waals surface area (Å²) in [6, 6.07) is 23.2. The minimum atomic E-state index is -0.537. The lowest BCUT2D eigenvalue weighted by atomic mass is 9.96. The number of fused-ring (bicyclic) bond motifs is 3. The highest BCUT2D eigenvalue weighted by atomic mass is 35.5. The van der Waals surface area contributed by atoms with E-state index in [1.165, 1.54) is 0 Å². The van der Waals surface area contributed by atoms with Crippen LogP contribution in [0.2, 0.25) is 5.02 Å². The third-order valence-corrected chi connectivity index (χ3v) is 5.30. The Hall–Kier alpha value is -2.98. The van der Waals surface area contributed by atoms with E-state index in [1.807, 2.05) is 41.4 Å². The number of nitrogens with zero attached hydrogens (tertiary/aromatic N) is 2. The highest BCUT2D eigenvalue weighted by Gasteiger charge is 2.41. The van der Waals surface area contributed by atoms with Crippen molar-refractivity contribution in [2.24, 2.45) is 5.10 Å². The maximum Gasteiger partial charge on any atom is 0.217 e. The number of halogens is 1. The molecule has 27 heavy (non-hydrogen) atoms. The molecule has 0 amide bonds. The molecule has 134 valence electrons. The van der Waals surface area contributed by atoms with Gasteiger partial charge in [-0.1, -0.05) is 60.1 Å². The fourth-order valence-corrected chi connectivity index (χ4v) is 3.95. The Morgan fingerprint density at radius 3 is 2.59 bits per heavy atom. The number of phenols is 1. The van der Waals surface area contributed by atoms with Crippen LogP contribution in [-0.2, 0) is 0 Å². The highest BCUT2D eigenvalue weighted by molar-refractivity contribution is 6.30. The van der Waals surface area contributed by atoms with Gasteiger partial charge in [0, 0.05) is 17.0 Å². The van der Waals surface area contributed by atoms with Gasteiger partial charge in [0.15, 0.2) is 0 Å². The second-order valence-electron chi connectivity index (χ2n) is 6.72. The third kappa shape index (κ3) is 2.73. The van der Waals surface area contributed by atoms with E-state index in [0.29, 0.717) is 10.6 Å². The van der Waals surface area contributed by atoms with Crippen molar-refractivity contribution >= 4 is 17.3 Å². The van der Waals surface area contributed by atoms with Gasteiger partial charge in [0.25, 0.3) is 0 Å². The predicted octanol–water partition coefficient (Wildman–Crippen LogP) is 5.29. The Labute approximate surface area is 162 Å². The first kappa shape index (κ1) is 16.2. The molecule has 1 N–H and O–H groups in total. The number of phenolic OH excluding ortho intramolecular Hbond substituents is 1. The summed E-state index contributed by atoms with van der Waals surface area (Å²) in [6.45, 7) is 0. The van der Waals surface area contributed by atoms with Gasteiger partial charge in [-0.2, -0.15) is 5.10 Å². The van der Waals surface area contributed by atoms with Crippen molar-refractivity contribution in [3.8, 4) is 11.5 Å². The van der Waals surface area contributed by atoms with Crippen LogP contribution < -0.4 is 4.74 Å². The van der Waals surface area contributed by atoms with Crippen LogP contribution in [0.15, 0.2) is 77.9 Å². The minimum Gasteiger partial charge on any atom is -0.507 e. The number of rotatable bonds is 2. The molecule has 4 nitrogen and oxygen atoms in total. The van der Waals surface area contributed by atoms with Gasteiger partial charge in [-0.25, -0.2) is 5.01 Å². The van der Waals surface area contributed by atoms with Gasteiger partial charge in [0.05, 0.1) is 17.3 Å². The Morgan fingerprint density at radius 1 is 0.963 bits per heavy atom. The molecule has 0 spiro atoms. The van der Waals surface area contributed by atoms with Gasteiger partial charge in [0.1, 0.15) is 11.5 Å². The number of aromatic hydroxyl groups is 1. The van der Waals surface area contributed by atoms with Crippen molar-refractivity contribution in [3.05, 3.63) is 94.5 Å². The number of hydrazone groups is 1. The maximum absolute atomic E-state index is 10.4. The second kappa shape index (κ2) is 6.32. The Morgan fingerprint density at radius 2 is 1.74 bits per heavy atom. The lowest BCUT2D eigenvalue weighted by Gasteiger charge is -2.38. The highest BCUT2D eigenvalue weighted by Crippen LogP contribution is 2.48. The van der Waals surface area contributed by atoms with Crippen molar-refractivity contribution < 1.29 is 9.84 Å². The average molecular weight is 377 g/mol. The Bertz CT molecular complexity index is 1040. The molecule has 2 heterocycles. The largest absolute Gasteiger partial charge is 0.507 e. The number of para-hydroxylation sites is 1. The molecule has 0 aliphatic carbocycles. The van der Waals surface area contributed by atoms with Crippen molar-refractivity contribution in [1.82, 2.24) is 5.01 Å². The van der Waals surface area contributed by atoms with Gasteiger partial charge < -0.3 is 9.84 Å². The van der Waals surface area contributed by atoms with Crippen LogP contribution in [-0.4, -0.2) is 15.8 Å². The molecular weight excluding hydrogens is 360 g/mol. The normalized spacial score (nSPS) is 20.5. The Balaban J connectivity index is 1.63. The first-order valence-electron chi connectivity index (χ1n) is 8.86. The first-order chi connectivity index (χ1) is 13.2. The molecule has 5 rings (SSSR count). The van der Waals surface area contributed by atoms with Crippen LogP contribution in [0.25, 0.3) is 0 Å². The summed E-state index contributed by atoms with van der Waals surface area (Å²) in [6.07, 6.45) is 0.243.